The van der Waals surface area contributed by atoms with Crippen molar-refractivity contribution in [2.45, 2.75) is 41.5 Å². The summed E-state index contributed by atoms with van der Waals surface area (Å²) in [5.41, 5.74) is -0.000185. The van der Waals surface area contributed by atoms with Crippen LogP contribution >= 0.6 is 0 Å². The molecule has 0 rings (SSSR count). The lowest BCUT2D eigenvalue weighted by atomic mass is 9.65. The number of hydrogen-bond acceptors (Lipinski definition) is 2. The molecule has 0 N–H and O–H groups in total. The maximum atomic E-state index is 9.02. The Balaban J connectivity index is 5.10. The zero-order valence-corrected chi connectivity index (χ0v) is 10.7. The molecule has 0 aromatic carbocycles. The van der Waals surface area contributed by atoms with Crippen molar-refractivity contribution in [1.29, 1.82) is 10.5 Å². The Bertz CT molecular complexity index is 258. The minimum Gasteiger partial charge on any atom is -0.197 e. The van der Waals surface area contributed by atoms with Gasteiger partial charge in [0.15, 0.2) is 0 Å². The van der Waals surface area contributed by atoms with Gasteiger partial charge in [-0.3, -0.25) is 0 Å². The molecule has 0 aliphatic rings. The molecule has 0 bridgehead atoms. The summed E-state index contributed by atoms with van der Waals surface area (Å²) in [6.07, 6.45) is 0. The van der Waals surface area contributed by atoms with Crippen LogP contribution in [0.15, 0.2) is 0 Å². The third-order valence-electron chi connectivity index (χ3n) is 3.26. The van der Waals surface area contributed by atoms with Gasteiger partial charge in [-0.25, -0.2) is 0 Å². The van der Waals surface area contributed by atoms with Gasteiger partial charge in [-0.2, -0.15) is 10.5 Å². The van der Waals surface area contributed by atoms with E-state index in [0.29, 0.717) is 11.8 Å². The second-order valence-corrected chi connectivity index (χ2v) is 5.73. The van der Waals surface area contributed by atoms with Gasteiger partial charge in [-0.1, -0.05) is 41.5 Å². The molecule has 0 aliphatic carbocycles. The van der Waals surface area contributed by atoms with E-state index in [1.54, 1.807) is 0 Å². The maximum Gasteiger partial charge on any atom is 0.136 e. The Morgan fingerprint density at radius 3 is 1.53 bits per heavy atom. The van der Waals surface area contributed by atoms with Gasteiger partial charge >= 0.3 is 0 Å². The van der Waals surface area contributed by atoms with E-state index < -0.39 is 5.92 Å². The van der Waals surface area contributed by atoms with Crippen LogP contribution in [0.5, 0.6) is 0 Å². The molecule has 0 amide bonds. The predicted molar refractivity (Wildman–Crippen MR) is 61.7 cm³/mol. The summed E-state index contributed by atoms with van der Waals surface area (Å²) in [7, 11) is 0. The molecule has 2 nitrogen and oxygen atoms in total. The highest BCUT2D eigenvalue weighted by atomic mass is 14.4. The topological polar surface area (TPSA) is 47.6 Å². The summed E-state index contributed by atoms with van der Waals surface area (Å²) >= 11 is 0. The number of hydrogen-bond donors (Lipinski definition) is 0. The molecule has 0 aromatic heterocycles. The molecule has 0 saturated heterocycles. The van der Waals surface area contributed by atoms with Crippen molar-refractivity contribution in [2.75, 3.05) is 0 Å². The molecule has 0 spiro atoms. The summed E-state index contributed by atoms with van der Waals surface area (Å²) in [4.78, 5) is 0. The van der Waals surface area contributed by atoms with Crippen molar-refractivity contribution in [3.8, 4) is 12.1 Å². The van der Waals surface area contributed by atoms with E-state index in [9.17, 15) is 0 Å². The third kappa shape index (κ3) is 3.56. The van der Waals surface area contributed by atoms with Crippen LogP contribution in [-0.2, 0) is 0 Å². The van der Waals surface area contributed by atoms with Gasteiger partial charge < -0.3 is 0 Å². The summed E-state index contributed by atoms with van der Waals surface area (Å²) in [5.74, 6) is 0.516. The Hall–Kier alpha value is -1.02. The third-order valence-corrected chi connectivity index (χ3v) is 3.26. The van der Waals surface area contributed by atoms with E-state index in [4.69, 9.17) is 10.5 Å². The minimum absolute atomic E-state index is 0.000185. The maximum absolute atomic E-state index is 9.02. The molecule has 0 saturated carbocycles. The van der Waals surface area contributed by atoms with Gasteiger partial charge in [0.2, 0.25) is 0 Å². The molecule has 2 atom stereocenters. The Kier molecular flexibility index (Phi) is 4.82. The molecule has 2 heteroatoms. The van der Waals surface area contributed by atoms with Gasteiger partial charge in [0, 0.05) is 0 Å². The summed E-state index contributed by atoms with van der Waals surface area (Å²) < 4.78 is 0. The van der Waals surface area contributed by atoms with Crippen LogP contribution in [0.3, 0.4) is 0 Å². The van der Waals surface area contributed by atoms with Gasteiger partial charge in [-0.15, -0.1) is 0 Å². The van der Waals surface area contributed by atoms with Crippen LogP contribution in [-0.4, -0.2) is 0 Å². The van der Waals surface area contributed by atoms with Crippen molar-refractivity contribution in [3.63, 3.8) is 0 Å². The zero-order valence-electron chi connectivity index (χ0n) is 10.7. The predicted octanol–water partition coefficient (Wildman–Crippen LogP) is 3.60. The quantitative estimate of drug-likeness (QED) is 0.708. The largest absolute Gasteiger partial charge is 0.197 e. The van der Waals surface area contributed by atoms with Crippen LogP contribution in [0, 0.1) is 51.7 Å². The van der Waals surface area contributed by atoms with Crippen molar-refractivity contribution in [3.05, 3.63) is 0 Å². The van der Waals surface area contributed by atoms with E-state index >= 15 is 0 Å². The zero-order chi connectivity index (χ0) is 12.2. The molecular weight excluding hydrogens is 184 g/mol. The molecule has 0 radical (unpaired) electrons. The lowest BCUT2D eigenvalue weighted by molar-refractivity contribution is 0.114. The second kappa shape index (κ2) is 5.17. The van der Waals surface area contributed by atoms with Crippen molar-refractivity contribution < 1.29 is 0 Å². The lowest BCUT2D eigenvalue weighted by Gasteiger charge is -2.38. The van der Waals surface area contributed by atoms with E-state index in [0.717, 1.165) is 0 Å². The number of rotatable bonds is 3. The van der Waals surface area contributed by atoms with Crippen LogP contribution in [0.2, 0.25) is 0 Å². The van der Waals surface area contributed by atoms with Gasteiger partial charge in [0.05, 0.1) is 12.1 Å². The average Bonchev–Trinajstić information content (AvgIpc) is 2.10. The first-order valence-electron chi connectivity index (χ1n) is 5.55. The molecule has 0 heterocycles. The molecule has 0 fully saturated rings. The molecular formula is C13H22N2. The van der Waals surface area contributed by atoms with Gasteiger partial charge in [-0.05, 0) is 23.2 Å². The highest BCUT2D eigenvalue weighted by molar-refractivity contribution is 5.06. The van der Waals surface area contributed by atoms with Crippen LogP contribution < -0.4 is 0 Å². The Morgan fingerprint density at radius 1 is 0.933 bits per heavy atom. The smallest absolute Gasteiger partial charge is 0.136 e. The summed E-state index contributed by atoms with van der Waals surface area (Å²) in [6, 6.07) is 4.27. The first-order valence-corrected chi connectivity index (χ1v) is 5.55. The first kappa shape index (κ1) is 14.0. The highest BCUT2D eigenvalue weighted by Gasteiger charge is 2.37. The van der Waals surface area contributed by atoms with Crippen LogP contribution in [0.1, 0.15) is 41.5 Å². The average molecular weight is 206 g/mol. The van der Waals surface area contributed by atoms with Gasteiger partial charge in [0.25, 0.3) is 0 Å². The number of nitriles is 2. The van der Waals surface area contributed by atoms with Crippen LogP contribution in [0.25, 0.3) is 0 Å². The normalized spacial score (nSPS) is 15.9. The molecule has 0 aromatic rings. The van der Waals surface area contributed by atoms with E-state index in [2.05, 4.69) is 53.7 Å². The summed E-state index contributed by atoms with van der Waals surface area (Å²) in [6.45, 7) is 12.8. The van der Waals surface area contributed by atoms with E-state index in [1.807, 2.05) is 0 Å². The fourth-order valence-corrected chi connectivity index (χ4v) is 2.20. The number of nitrogens with zero attached hydrogens (tertiary/aromatic N) is 2. The summed E-state index contributed by atoms with van der Waals surface area (Å²) in [5, 5.41) is 18.0. The highest BCUT2D eigenvalue weighted by Crippen LogP contribution is 2.40. The van der Waals surface area contributed by atoms with Gasteiger partial charge in [0.1, 0.15) is 5.92 Å². The van der Waals surface area contributed by atoms with E-state index in [1.165, 1.54) is 0 Å². The lowest BCUT2D eigenvalue weighted by Crippen LogP contribution is -2.34. The van der Waals surface area contributed by atoms with Crippen LogP contribution in [0.4, 0.5) is 0 Å². The molecule has 0 aliphatic heterocycles. The monoisotopic (exact) mass is 206 g/mol. The minimum atomic E-state index is -0.498. The Morgan fingerprint density at radius 2 is 1.33 bits per heavy atom. The standard InChI is InChI=1S/C13H22N2/c1-9(2)10(3)12(13(4,5)6)11(7-14)8-15/h9-12H,1-6H3/t10-,12-/m1/s1. The molecule has 0 unspecified atom stereocenters. The molecule has 15 heavy (non-hydrogen) atoms. The SMILES string of the molecule is CC(C)[C@@H](C)[C@H](C(C#N)C#N)C(C)(C)C. The van der Waals surface area contributed by atoms with E-state index in [-0.39, 0.29) is 11.3 Å². The van der Waals surface area contributed by atoms with Crippen molar-refractivity contribution in [1.82, 2.24) is 0 Å². The fourth-order valence-electron chi connectivity index (χ4n) is 2.20. The van der Waals surface area contributed by atoms with Crippen molar-refractivity contribution >= 4 is 0 Å². The fraction of sp³-hybridized carbons (Fsp3) is 0.846. The molecule has 84 valence electrons. The Labute approximate surface area is 93.9 Å². The first-order chi connectivity index (χ1) is 6.75. The van der Waals surface area contributed by atoms with Crippen molar-refractivity contribution in [2.24, 2.45) is 29.1 Å². The second-order valence-electron chi connectivity index (χ2n) is 5.73.